The summed E-state index contributed by atoms with van der Waals surface area (Å²) in [5, 5.41) is 3.03. The van der Waals surface area contributed by atoms with E-state index in [0.717, 1.165) is 15.9 Å². The van der Waals surface area contributed by atoms with Gasteiger partial charge >= 0.3 is 5.69 Å². The molecule has 9 nitrogen and oxygen atoms in total. The van der Waals surface area contributed by atoms with E-state index in [1.54, 1.807) is 36.5 Å². The zero-order valence-corrected chi connectivity index (χ0v) is 21.1. The summed E-state index contributed by atoms with van der Waals surface area (Å²) in [6, 6.07) is 14.5. The van der Waals surface area contributed by atoms with Crippen molar-refractivity contribution in [1.82, 2.24) is 23.8 Å². The minimum absolute atomic E-state index is 0.0619. The minimum Gasteiger partial charge on any atom is -0.379 e. The number of hydrogen-bond donors (Lipinski definition) is 1. The molecular weight excluding hydrogens is 498 g/mol. The molecule has 0 saturated heterocycles. The summed E-state index contributed by atoms with van der Waals surface area (Å²) in [6.45, 7) is 0.867. The van der Waals surface area contributed by atoms with E-state index >= 15 is 0 Å². The molecule has 0 fully saturated rings. The number of nitrogens with zero attached hydrogens (tertiary/aromatic N) is 4. The maximum absolute atomic E-state index is 13.4. The first kappa shape index (κ1) is 24.1. The topological polar surface area (TPSA) is 107 Å². The largest absolute Gasteiger partial charge is 0.379 e. The van der Waals surface area contributed by atoms with E-state index in [0.29, 0.717) is 36.4 Å². The first-order chi connectivity index (χ1) is 17.4. The summed E-state index contributed by atoms with van der Waals surface area (Å²) in [4.78, 5) is 31.5. The fourth-order valence-electron chi connectivity index (χ4n) is 4.60. The number of thiocarbonyl (C=S) groups is 1. The van der Waals surface area contributed by atoms with Gasteiger partial charge in [0.15, 0.2) is 14.9 Å². The molecule has 11 heteroatoms. The molecule has 4 aromatic rings. The number of rotatable bonds is 7. The minimum atomic E-state index is -3.75. The van der Waals surface area contributed by atoms with Crippen molar-refractivity contribution in [3.8, 4) is 11.1 Å². The van der Waals surface area contributed by atoms with E-state index in [-0.39, 0.29) is 29.4 Å². The van der Waals surface area contributed by atoms with Gasteiger partial charge in [-0.3, -0.25) is 13.9 Å². The summed E-state index contributed by atoms with van der Waals surface area (Å²) in [5.41, 5.74) is 1.22. The van der Waals surface area contributed by atoms with Gasteiger partial charge in [0.25, 0.3) is 5.56 Å². The van der Waals surface area contributed by atoms with E-state index < -0.39 is 21.1 Å². The third-order valence-corrected chi connectivity index (χ3v) is 8.40. The maximum Gasteiger partial charge on any atom is 0.332 e. The number of sulfone groups is 1. The summed E-state index contributed by atoms with van der Waals surface area (Å²) in [7, 11) is -3.75. The molecule has 0 aliphatic carbocycles. The molecule has 36 heavy (non-hydrogen) atoms. The van der Waals surface area contributed by atoms with Crippen LogP contribution in [0.15, 0.2) is 75.5 Å². The predicted octanol–water partition coefficient (Wildman–Crippen LogP) is 2.05. The molecule has 0 spiro atoms. The van der Waals surface area contributed by atoms with Gasteiger partial charge in [0.1, 0.15) is 5.65 Å². The van der Waals surface area contributed by atoms with Gasteiger partial charge in [-0.1, -0.05) is 48.6 Å². The second kappa shape index (κ2) is 9.82. The Labute approximate surface area is 213 Å². The molecule has 0 saturated carbocycles. The average Bonchev–Trinajstić information content (AvgIpc) is 3.35. The van der Waals surface area contributed by atoms with Crippen LogP contribution in [0.1, 0.15) is 18.5 Å². The molecule has 0 radical (unpaired) electrons. The molecule has 0 unspecified atom stereocenters. The highest BCUT2D eigenvalue weighted by Gasteiger charge is 2.32. The van der Waals surface area contributed by atoms with Crippen LogP contribution >= 0.6 is 12.2 Å². The van der Waals surface area contributed by atoms with Crippen LogP contribution in [0.4, 0.5) is 0 Å². The van der Waals surface area contributed by atoms with E-state index in [9.17, 15) is 18.0 Å². The van der Waals surface area contributed by atoms with Crippen LogP contribution in [-0.2, 0) is 29.3 Å². The van der Waals surface area contributed by atoms with Gasteiger partial charge in [0.2, 0.25) is 0 Å². The molecule has 0 atom stereocenters. The molecule has 1 aliphatic heterocycles. The molecule has 1 aromatic carbocycles. The molecule has 5 rings (SSSR count). The molecule has 4 heterocycles. The lowest BCUT2D eigenvalue weighted by Crippen LogP contribution is -2.45. The smallest absolute Gasteiger partial charge is 0.332 e. The predicted molar refractivity (Wildman–Crippen MR) is 141 cm³/mol. The van der Waals surface area contributed by atoms with Crippen molar-refractivity contribution in [2.24, 2.45) is 0 Å². The molecule has 0 amide bonds. The standard InChI is InChI=1S/C25H25N5O4S2/c31-23-22(18-7-2-1-3-8-18)24-30(14-6-16-36(24,33)34)25(32)29(23)13-5-11-27-21(35)17-19-9-4-10-20-26-12-15-28(19)20/h1-4,7-10,12,15H,5-6,11,13-14,16-17H2,(H,27,35). The number of nitrogens with one attached hydrogen (secondary N) is 1. The van der Waals surface area contributed by atoms with Crippen LogP contribution in [0.25, 0.3) is 16.8 Å². The van der Waals surface area contributed by atoms with E-state index in [1.807, 2.05) is 28.8 Å². The van der Waals surface area contributed by atoms with Gasteiger partial charge in [0.05, 0.1) is 16.3 Å². The highest BCUT2D eigenvalue weighted by Crippen LogP contribution is 2.27. The Morgan fingerprint density at radius 2 is 1.89 bits per heavy atom. The maximum atomic E-state index is 13.4. The molecule has 186 valence electrons. The zero-order chi connectivity index (χ0) is 25.3. The van der Waals surface area contributed by atoms with Crippen LogP contribution in [0.3, 0.4) is 0 Å². The van der Waals surface area contributed by atoms with Crippen molar-refractivity contribution in [1.29, 1.82) is 0 Å². The van der Waals surface area contributed by atoms with Crippen LogP contribution in [-0.4, -0.2) is 44.2 Å². The summed E-state index contributed by atoms with van der Waals surface area (Å²) >= 11 is 5.50. The van der Waals surface area contributed by atoms with Crippen molar-refractivity contribution in [2.75, 3.05) is 12.3 Å². The van der Waals surface area contributed by atoms with Gasteiger partial charge in [-0.15, -0.1) is 0 Å². The molecule has 1 aliphatic rings. The number of pyridine rings is 1. The number of hydrogen-bond acceptors (Lipinski definition) is 6. The summed E-state index contributed by atoms with van der Waals surface area (Å²) in [5.74, 6) is -0.0795. The highest BCUT2D eigenvalue weighted by atomic mass is 32.2. The highest BCUT2D eigenvalue weighted by molar-refractivity contribution is 7.91. The SMILES string of the molecule is O=c1c(-c2ccccc2)c2n(c(=O)n1CCCNC(=S)Cc1cccc3nccn13)CCCS2(=O)=O. The lowest BCUT2D eigenvalue weighted by Gasteiger charge is -2.23. The van der Waals surface area contributed by atoms with Gasteiger partial charge in [-0.2, -0.15) is 0 Å². The van der Waals surface area contributed by atoms with Crippen LogP contribution in [0, 0.1) is 0 Å². The Hall–Kier alpha value is -3.57. The third-order valence-electron chi connectivity index (χ3n) is 6.27. The van der Waals surface area contributed by atoms with Gasteiger partial charge in [-0.25, -0.2) is 18.2 Å². The first-order valence-electron chi connectivity index (χ1n) is 11.7. The Balaban J connectivity index is 1.36. The molecule has 3 aromatic heterocycles. The van der Waals surface area contributed by atoms with E-state index in [1.165, 1.54) is 4.57 Å². The van der Waals surface area contributed by atoms with Crippen molar-refractivity contribution in [2.45, 2.75) is 37.4 Å². The van der Waals surface area contributed by atoms with Crippen molar-refractivity contribution >= 4 is 32.7 Å². The fourth-order valence-corrected chi connectivity index (χ4v) is 6.58. The van der Waals surface area contributed by atoms with Crippen molar-refractivity contribution < 1.29 is 8.42 Å². The van der Waals surface area contributed by atoms with E-state index in [2.05, 4.69) is 10.3 Å². The Bertz CT molecular complexity index is 1670. The number of aromatic nitrogens is 4. The summed E-state index contributed by atoms with van der Waals surface area (Å²) in [6.07, 6.45) is 4.94. The Kier molecular flexibility index (Phi) is 6.59. The van der Waals surface area contributed by atoms with Crippen LogP contribution in [0.2, 0.25) is 0 Å². The fraction of sp³-hybridized carbons (Fsp3) is 0.280. The van der Waals surface area contributed by atoms with Crippen LogP contribution in [0.5, 0.6) is 0 Å². The van der Waals surface area contributed by atoms with Gasteiger partial charge in [-0.05, 0) is 30.5 Å². The molecule has 0 bridgehead atoms. The lowest BCUT2D eigenvalue weighted by atomic mass is 10.1. The van der Waals surface area contributed by atoms with E-state index in [4.69, 9.17) is 12.2 Å². The second-order valence-corrected chi connectivity index (χ2v) is 11.2. The quantitative estimate of drug-likeness (QED) is 0.224. The van der Waals surface area contributed by atoms with Crippen molar-refractivity contribution in [3.63, 3.8) is 0 Å². The molecule has 1 N–H and O–H groups in total. The Morgan fingerprint density at radius 3 is 2.69 bits per heavy atom. The third kappa shape index (κ3) is 4.51. The number of imidazole rings is 1. The zero-order valence-electron chi connectivity index (χ0n) is 19.5. The monoisotopic (exact) mass is 523 g/mol. The van der Waals surface area contributed by atoms with Crippen molar-refractivity contribution in [3.05, 3.63) is 87.5 Å². The molecular formula is C25H25N5O4S2. The lowest BCUT2D eigenvalue weighted by molar-refractivity contribution is 0.474. The number of benzene rings is 1. The normalized spacial score (nSPS) is 14.4. The van der Waals surface area contributed by atoms with Gasteiger partial charge in [0, 0.05) is 44.1 Å². The average molecular weight is 524 g/mol. The first-order valence-corrected chi connectivity index (χ1v) is 13.8. The van der Waals surface area contributed by atoms with Gasteiger partial charge < -0.3 is 9.72 Å². The Morgan fingerprint density at radius 1 is 1.08 bits per heavy atom. The second-order valence-electron chi connectivity index (χ2n) is 8.66. The van der Waals surface area contributed by atoms with Crippen LogP contribution < -0.4 is 16.6 Å². The number of fused-ring (bicyclic) bond motifs is 2. The summed E-state index contributed by atoms with van der Waals surface area (Å²) < 4.78 is 30.1.